The van der Waals surface area contributed by atoms with Gasteiger partial charge < -0.3 is 11.1 Å². The monoisotopic (exact) mass is 373 g/mol. The van der Waals surface area contributed by atoms with Crippen LogP contribution in [0.25, 0.3) is 0 Å². The van der Waals surface area contributed by atoms with Gasteiger partial charge in [0.2, 0.25) is 0 Å². The SMILES string of the molecule is Cl.NCCc1nc(C(=O)NC2CCSc3c(F)cccc32)cs1. The van der Waals surface area contributed by atoms with Crippen molar-refractivity contribution in [2.75, 3.05) is 12.3 Å². The van der Waals surface area contributed by atoms with Crippen molar-refractivity contribution < 1.29 is 9.18 Å². The van der Waals surface area contributed by atoms with Crippen LogP contribution in [0.4, 0.5) is 4.39 Å². The number of nitrogens with zero attached hydrogens (tertiary/aromatic N) is 1. The largest absolute Gasteiger partial charge is 0.344 e. The van der Waals surface area contributed by atoms with Crippen LogP contribution >= 0.6 is 35.5 Å². The van der Waals surface area contributed by atoms with Crippen LogP contribution < -0.4 is 11.1 Å². The Bertz CT molecular complexity index is 695. The second kappa shape index (κ2) is 8.10. The summed E-state index contributed by atoms with van der Waals surface area (Å²) >= 11 is 2.94. The van der Waals surface area contributed by atoms with E-state index in [0.29, 0.717) is 23.6 Å². The van der Waals surface area contributed by atoms with Gasteiger partial charge in [-0.05, 0) is 24.6 Å². The molecule has 2 aromatic rings. The minimum absolute atomic E-state index is 0. The molecule has 0 fully saturated rings. The minimum Gasteiger partial charge on any atom is -0.344 e. The number of halogens is 2. The normalized spacial score (nSPS) is 16.3. The molecule has 1 aromatic heterocycles. The van der Waals surface area contributed by atoms with Crippen LogP contribution in [0.5, 0.6) is 0 Å². The Morgan fingerprint density at radius 3 is 3.09 bits per heavy atom. The number of hydrogen-bond acceptors (Lipinski definition) is 5. The van der Waals surface area contributed by atoms with Gasteiger partial charge in [-0.15, -0.1) is 35.5 Å². The lowest BCUT2D eigenvalue weighted by molar-refractivity contribution is 0.0930. The van der Waals surface area contributed by atoms with Crippen LogP contribution in [0, 0.1) is 5.82 Å². The summed E-state index contributed by atoms with van der Waals surface area (Å²) in [5, 5.41) is 5.57. The third-order valence-electron chi connectivity index (χ3n) is 3.47. The van der Waals surface area contributed by atoms with E-state index in [2.05, 4.69) is 10.3 Å². The quantitative estimate of drug-likeness (QED) is 0.863. The average Bonchev–Trinajstić information content (AvgIpc) is 2.97. The zero-order valence-electron chi connectivity index (χ0n) is 12.3. The number of benzene rings is 1. The zero-order chi connectivity index (χ0) is 15.5. The first-order valence-corrected chi connectivity index (χ1v) is 8.92. The number of nitrogens with two attached hydrogens (primary N) is 1. The fraction of sp³-hybridized carbons (Fsp3) is 0.333. The number of fused-ring (bicyclic) bond motifs is 1. The van der Waals surface area contributed by atoms with Crippen molar-refractivity contribution in [1.29, 1.82) is 0 Å². The Morgan fingerprint density at radius 1 is 1.48 bits per heavy atom. The third kappa shape index (κ3) is 4.03. The molecule has 1 atom stereocenters. The first-order valence-electron chi connectivity index (χ1n) is 7.05. The van der Waals surface area contributed by atoms with Gasteiger partial charge in [0.25, 0.3) is 5.91 Å². The van der Waals surface area contributed by atoms with Crippen LogP contribution in [0.3, 0.4) is 0 Å². The summed E-state index contributed by atoms with van der Waals surface area (Å²) < 4.78 is 13.8. The lowest BCUT2D eigenvalue weighted by Crippen LogP contribution is -2.31. The standard InChI is InChI=1S/C15H16FN3OS2.ClH/c16-10-3-1-2-9-11(5-7-21-14(9)10)19-15(20)12-8-22-13(18-12)4-6-17;/h1-3,8,11H,4-7,17H2,(H,19,20);1H. The molecule has 1 aromatic carbocycles. The summed E-state index contributed by atoms with van der Waals surface area (Å²) in [5.74, 6) is 0.348. The highest BCUT2D eigenvalue weighted by molar-refractivity contribution is 7.99. The van der Waals surface area contributed by atoms with E-state index in [4.69, 9.17) is 5.73 Å². The van der Waals surface area contributed by atoms with E-state index < -0.39 is 0 Å². The number of carbonyl (C=O) groups excluding carboxylic acids is 1. The number of thioether (sulfide) groups is 1. The van der Waals surface area contributed by atoms with Gasteiger partial charge in [-0.25, -0.2) is 9.37 Å². The Morgan fingerprint density at radius 2 is 2.30 bits per heavy atom. The predicted octanol–water partition coefficient (Wildman–Crippen LogP) is 3.17. The van der Waals surface area contributed by atoms with Crippen molar-refractivity contribution in [3.8, 4) is 0 Å². The molecule has 0 aliphatic carbocycles. The molecule has 0 spiro atoms. The van der Waals surface area contributed by atoms with Crippen LogP contribution in [0.1, 0.15) is 33.5 Å². The molecule has 8 heteroatoms. The molecule has 0 saturated carbocycles. The number of rotatable bonds is 4. The fourth-order valence-corrected chi connectivity index (χ4v) is 4.36. The van der Waals surface area contributed by atoms with Crippen molar-refractivity contribution >= 4 is 41.4 Å². The first-order chi connectivity index (χ1) is 10.7. The van der Waals surface area contributed by atoms with Crippen molar-refractivity contribution in [3.05, 3.63) is 45.7 Å². The van der Waals surface area contributed by atoms with Crippen LogP contribution in [-0.2, 0) is 6.42 Å². The summed E-state index contributed by atoms with van der Waals surface area (Å²) in [6.45, 7) is 0.515. The maximum atomic E-state index is 13.8. The fourth-order valence-electron chi connectivity index (χ4n) is 2.42. The minimum atomic E-state index is -0.222. The van der Waals surface area contributed by atoms with Gasteiger partial charge in [-0.3, -0.25) is 4.79 Å². The molecule has 3 rings (SSSR count). The molecule has 0 saturated heterocycles. The van der Waals surface area contributed by atoms with Gasteiger partial charge in [0.1, 0.15) is 11.5 Å². The maximum absolute atomic E-state index is 13.8. The van der Waals surface area contributed by atoms with Gasteiger partial charge in [-0.2, -0.15) is 0 Å². The number of nitrogens with one attached hydrogen (secondary N) is 1. The van der Waals surface area contributed by atoms with Gasteiger partial charge in [-0.1, -0.05) is 12.1 Å². The third-order valence-corrected chi connectivity index (χ3v) is 5.54. The molecule has 1 aliphatic rings. The van der Waals surface area contributed by atoms with Crippen molar-refractivity contribution in [3.63, 3.8) is 0 Å². The molecular formula is C15H17ClFN3OS2. The highest BCUT2D eigenvalue weighted by Gasteiger charge is 2.25. The number of aromatic nitrogens is 1. The van der Waals surface area contributed by atoms with Gasteiger partial charge in [0.15, 0.2) is 0 Å². The lowest BCUT2D eigenvalue weighted by Gasteiger charge is -2.25. The van der Waals surface area contributed by atoms with E-state index in [0.717, 1.165) is 22.7 Å². The lowest BCUT2D eigenvalue weighted by atomic mass is 10.0. The number of hydrogen-bond donors (Lipinski definition) is 2. The molecule has 1 aliphatic heterocycles. The first kappa shape index (κ1) is 18.2. The summed E-state index contributed by atoms with van der Waals surface area (Å²) in [6, 6.07) is 4.84. The van der Waals surface area contributed by atoms with Crippen LogP contribution in [0.2, 0.25) is 0 Å². The van der Waals surface area contributed by atoms with Crippen LogP contribution in [0.15, 0.2) is 28.5 Å². The van der Waals surface area contributed by atoms with E-state index in [1.165, 1.54) is 29.2 Å². The smallest absolute Gasteiger partial charge is 0.271 e. The summed E-state index contributed by atoms with van der Waals surface area (Å²) in [5.41, 5.74) is 6.75. The molecule has 1 amide bonds. The van der Waals surface area contributed by atoms with E-state index >= 15 is 0 Å². The van der Waals surface area contributed by atoms with Crippen molar-refractivity contribution in [1.82, 2.24) is 10.3 Å². The average molecular weight is 374 g/mol. The maximum Gasteiger partial charge on any atom is 0.271 e. The van der Waals surface area contributed by atoms with Crippen molar-refractivity contribution in [2.24, 2.45) is 5.73 Å². The second-order valence-corrected chi connectivity index (χ2v) is 7.03. The van der Waals surface area contributed by atoms with Crippen LogP contribution in [-0.4, -0.2) is 23.2 Å². The molecule has 0 bridgehead atoms. The summed E-state index contributed by atoms with van der Waals surface area (Å²) in [6.07, 6.45) is 1.46. The summed E-state index contributed by atoms with van der Waals surface area (Å²) in [7, 11) is 0. The highest BCUT2D eigenvalue weighted by atomic mass is 35.5. The molecule has 23 heavy (non-hydrogen) atoms. The molecule has 4 nitrogen and oxygen atoms in total. The molecular weight excluding hydrogens is 357 g/mol. The molecule has 2 heterocycles. The van der Waals surface area contributed by atoms with Gasteiger partial charge >= 0.3 is 0 Å². The Balaban J connectivity index is 0.00000192. The number of amides is 1. The van der Waals surface area contributed by atoms with Gasteiger partial charge in [0, 0.05) is 22.4 Å². The van der Waals surface area contributed by atoms with Crippen molar-refractivity contribution in [2.45, 2.75) is 23.8 Å². The summed E-state index contributed by atoms with van der Waals surface area (Å²) in [4.78, 5) is 17.3. The Labute approximate surface area is 148 Å². The van der Waals surface area contributed by atoms with E-state index in [1.807, 2.05) is 6.07 Å². The van der Waals surface area contributed by atoms with E-state index in [1.54, 1.807) is 11.4 Å². The highest BCUT2D eigenvalue weighted by Crippen LogP contribution is 2.37. The van der Waals surface area contributed by atoms with E-state index in [9.17, 15) is 9.18 Å². The molecule has 3 N–H and O–H groups in total. The topological polar surface area (TPSA) is 68.0 Å². The predicted molar refractivity (Wildman–Crippen MR) is 94.1 cm³/mol. The number of carbonyl (C=O) groups is 1. The van der Waals surface area contributed by atoms with E-state index in [-0.39, 0.29) is 30.2 Å². The second-order valence-electron chi connectivity index (χ2n) is 4.99. The number of thiazole rings is 1. The Kier molecular flexibility index (Phi) is 6.41. The zero-order valence-corrected chi connectivity index (χ0v) is 14.7. The van der Waals surface area contributed by atoms with Gasteiger partial charge in [0.05, 0.1) is 11.0 Å². The molecule has 1 unspecified atom stereocenters. The molecule has 0 radical (unpaired) electrons. The Hall–Kier alpha value is -1.15. The molecule has 124 valence electrons.